The Bertz CT molecular complexity index is 788. The van der Waals surface area contributed by atoms with Crippen LogP contribution >= 0.6 is 23.1 Å². The lowest BCUT2D eigenvalue weighted by molar-refractivity contribution is -0.116. The van der Waals surface area contributed by atoms with Crippen LogP contribution in [0.2, 0.25) is 0 Å². The van der Waals surface area contributed by atoms with E-state index in [4.69, 9.17) is 0 Å². The van der Waals surface area contributed by atoms with Gasteiger partial charge in [0, 0.05) is 17.4 Å². The average molecular weight is 392 g/mol. The zero-order chi connectivity index (χ0) is 18.9. The maximum atomic E-state index is 12.0. The molecule has 0 fully saturated rings. The van der Waals surface area contributed by atoms with E-state index in [1.807, 2.05) is 42.6 Å². The second-order valence-electron chi connectivity index (χ2n) is 5.23. The van der Waals surface area contributed by atoms with Crippen molar-refractivity contribution in [2.75, 3.05) is 24.0 Å². The van der Waals surface area contributed by atoms with Crippen molar-refractivity contribution in [1.82, 2.24) is 0 Å². The summed E-state index contributed by atoms with van der Waals surface area (Å²) in [7, 11) is 1.28. The van der Waals surface area contributed by atoms with Gasteiger partial charge in [-0.1, -0.05) is 49.0 Å². The first-order valence-corrected chi connectivity index (χ1v) is 10.1. The van der Waals surface area contributed by atoms with Gasteiger partial charge in [-0.05, 0) is 18.2 Å². The van der Waals surface area contributed by atoms with Gasteiger partial charge in [0.2, 0.25) is 5.91 Å². The molecule has 0 spiro atoms. The van der Waals surface area contributed by atoms with Crippen molar-refractivity contribution >= 4 is 51.0 Å². The quantitative estimate of drug-likeness (QED) is 0.551. The summed E-state index contributed by atoms with van der Waals surface area (Å²) in [5.74, 6) is -0.0485. The van der Waals surface area contributed by atoms with E-state index in [0.29, 0.717) is 22.3 Å². The highest BCUT2D eigenvalue weighted by Crippen LogP contribution is 2.40. The molecule has 2 aromatic rings. The standard InChI is InChI=1S/C18H21N3O3S2/c1-4-8-14(22)19-16-15(20-17(25-3)21-18(23)24-2)13(11-26-16)12-9-6-5-7-10-12/h5-7,9-11H,4,8H2,1-3H3,(H,19,22)(H,20,21,23). The Labute approximate surface area is 161 Å². The zero-order valence-electron chi connectivity index (χ0n) is 14.9. The normalized spacial score (nSPS) is 11.1. The number of benzene rings is 1. The van der Waals surface area contributed by atoms with E-state index >= 15 is 0 Å². The summed E-state index contributed by atoms with van der Waals surface area (Å²) in [5, 5.41) is 9.14. The Hall–Kier alpha value is -2.32. The van der Waals surface area contributed by atoms with Crippen molar-refractivity contribution in [2.24, 2.45) is 4.99 Å². The first-order chi connectivity index (χ1) is 12.6. The van der Waals surface area contributed by atoms with Crippen LogP contribution in [0.4, 0.5) is 15.5 Å². The molecule has 6 nitrogen and oxygen atoms in total. The van der Waals surface area contributed by atoms with Crippen LogP contribution in [-0.4, -0.2) is 30.5 Å². The number of methoxy groups -OCH3 is 1. The Morgan fingerprint density at radius 3 is 2.58 bits per heavy atom. The van der Waals surface area contributed by atoms with Crippen molar-refractivity contribution in [3.8, 4) is 11.1 Å². The molecule has 0 aliphatic carbocycles. The number of hydrogen-bond donors (Lipinski definition) is 2. The number of thiophene rings is 1. The van der Waals surface area contributed by atoms with Crippen LogP contribution in [0.15, 0.2) is 40.7 Å². The zero-order valence-corrected chi connectivity index (χ0v) is 16.5. The summed E-state index contributed by atoms with van der Waals surface area (Å²) in [6.45, 7) is 1.96. The number of anilines is 2. The minimum absolute atomic E-state index is 0.0485. The number of carbonyl (C=O) groups is 2. The van der Waals surface area contributed by atoms with Crippen LogP contribution in [-0.2, 0) is 9.53 Å². The van der Waals surface area contributed by atoms with Crippen LogP contribution in [0.3, 0.4) is 0 Å². The van der Waals surface area contributed by atoms with Crippen molar-refractivity contribution < 1.29 is 14.3 Å². The summed E-state index contributed by atoms with van der Waals surface area (Å²) < 4.78 is 4.60. The van der Waals surface area contributed by atoms with Gasteiger partial charge in [-0.3, -0.25) is 4.79 Å². The van der Waals surface area contributed by atoms with E-state index in [0.717, 1.165) is 17.5 Å². The molecule has 0 aliphatic rings. The SMILES string of the molecule is CCCC(=O)Nc1scc(-c2ccccc2)c1NC(=NC(=O)OC)SC. The van der Waals surface area contributed by atoms with Crippen molar-refractivity contribution in [3.05, 3.63) is 35.7 Å². The number of rotatable bonds is 5. The molecule has 8 heteroatoms. The average Bonchev–Trinajstić information content (AvgIpc) is 3.04. The summed E-state index contributed by atoms with van der Waals surface area (Å²) in [6.07, 6.45) is 2.34. The van der Waals surface area contributed by atoms with Crippen molar-refractivity contribution in [1.29, 1.82) is 0 Å². The monoisotopic (exact) mass is 391 g/mol. The van der Waals surface area contributed by atoms with E-state index in [-0.39, 0.29) is 5.91 Å². The number of thioether (sulfide) groups is 1. The largest absolute Gasteiger partial charge is 0.451 e. The van der Waals surface area contributed by atoms with Gasteiger partial charge < -0.3 is 15.4 Å². The summed E-state index contributed by atoms with van der Waals surface area (Å²) >= 11 is 2.71. The van der Waals surface area contributed by atoms with Gasteiger partial charge in [0.1, 0.15) is 5.00 Å². The molecule has 1 aromatic heterocycles. The summed E-state index contributed by atoms with van der Waals surface area (Å²) in [5.41, 5.74) is 2.64. The number of carbonyl (C=O) groups excluding carboxylic acids is 2. The fraction of sp³-hybridized carbons (Fsp3) is 0.278. The molecule has 0 unspecified atom stereocenters. The molecule has 0 saturated carbocycles. The topological polar surface area (TPSA) is 79.8 Å². The first-order valence-electron chi connectivity index (χ1n) is 8.03. The highest BCUT2D eigenvalue weighted by atomic mass is 32.2. The Kier molecular flexibility index (Phi) is 7.68. The van der Waals surface area contributed by atoms with Crippen LogP contribution in [0, 0.1) is 0 Å². The molecule has 26 heavy (non-hydrogen) atoms. The molecular weight excluding hydrogens is 370 g/mol. The predicted molar refractivity (Wildman–Crippen MR) is 110 cm³/mol. The van der Waals surface area contributed by atoms with Crippen LogP contribution in [0.25, 0.3) is 11.1 Å². The fourth-order valence-corrected chi connectivity index (χ4v) is 3.49. The molecule has 0 saturated heterocycles. The van der Waals surface area contributed by atoms with Crippen molar-refractivity contribution in [3.63, 3.8) is 0 Å². The molecule has 0 aliphatic heterocycles. The van der Waals surface area contributed by atoms with Gasteiger partial charge in [-0.2, -0.15) is 4.99 Å². The highest BCUT2D eigenvalue weighted by molar-refractivity contribution is 8.13. The van der Waals surface area contributed by atoms with Crippen LogP contribution < -0.4 is 10.6 Å². The molecular formula is C18H21N3O3S2. The minimum Gasteiger partial charge on any atom is -0.451 e. The summed E-state index contributed by atoms with van der Waals surface area (Å²) in [4.78, 5) is 27.4. The van der Waals surface area contributed by atoms with E-state index in [1.165, 1.54) is 30.2 Å². The van der Waals surface area contributed by atoms with Gasteiger partial charge in [-0.25, -0.2) is 4.79 Å². The number of hydrogen-bond acceptors (Lipinski definition) is 5. The molecule has 0 atom stereocenters. The van der Waals surface area contributed by atoms with E-state index < -0.39 is 6.09 Å². The number of nitrogens with one attached hydrogen (secondary N) is 2. The van der Waals surface area contributed by atoms with E-state index in [1.54, 1.807) is 6.26 Å². The van der Waals surface area contributed by atoms with Gasteiger partial charge in [0.05, 0.1) is 12.8 Å². The predicted octanol–water partition coefficient (Wildman–Crippen LogP) is 5.05. The fourth-order valence-electron chi connectivity index (χ4n) is 2.18. The maximum absolute atomic E-state index is 12.0. The number of amidine groups is 1. The molecule has 2 amide bonds. The second kappa shape index (κ2) is 9.98. The Morgan fingerprint density at radius 2 is 1.96 bits per heavy atom. The maximum Gasteiger partial charge on any atom is 0.435 e. The van der Waals surface area contributed by atoms with Gasteiger partial charge in [0.25, 0.3) is 0 Å². The lowest BCUT2D eigenvalue weighted by Crippen LogP contribution is -2.14. The molecule has 0 bridgehead atoms. The number of amides is 2. The smallest absolute Gasteiger partial charge is 0.435 e. The van der Waals surface area contributed by atoms with Gasteiger partial charge >= 0.3 is 6.09 Å². The highest BCUT2D eigenvalue weighted by Gasteiger charge is 2.17. The number of aliphatic imine (C=N–C) groups is 1. The number of ether oxygens (including phenoxy) is 1. The molecule has 2 rings (SSSR count). The Balaban J connectivity index is 2.41. The molecule has 1 heterocycles. The molecule has 138 valence electrons. The minimum atomic E-state index is -0.685. The molecule has 2 N–H and O–H groups in total. The summed E-state index contributed by atoms with van der Waals surface area (Å²) in [6, 6.07) is 9.81. The third kappa shape index (κ3) is 5.34. The molecule has 0 radical (unpaired) electrons. The third-order valence-electron chi connectivity index (χ3n) is 3.40. The van der Waals surface area contributed by atoms with Gasteiger partial charge in [-0.15, -0.1) is 11.3 Å². The van der Waals surface area contributed by atoms with E-state index in [9.17, 15) is 9.59 Å². The van der Waals surface area contributed by atoms with E-state index in [2.05, 4.69) is 20.4 Å². The molecule has 1 aromatic carbocycles. The lowest BCUT2D eigenvalue weighted by atomic mass is 10.1. The number of nitrogens with zero attached hydrogens (tertiary/aromatic N) is 1. The van der Waals surface area contributed by atoms with Crippen LogP contribution in [0.5, 0.6) is 0 Å². The first kappa shape index (κ1) is 20.0. The lowest BCUT2D eigenvalue weighted by Gasteiger charge is -2.12. The Morgan fingerprint density at radius 1 is 1.23 bits per heavy atom. The second-order valence-corrected chi connectivity index (χ2v) is 6.91. The third-order valence-corrected chi connectivity index (χ3v) is 4.87. The van der Waals surface area contributed by atoms with Gasteiger partial charge in [0.15, 0.2) is 5.17 Å². The van der Waals surface area contributed by atoms with Crippen LogP contribution in [0.1, 0.15) is 19.8 Å². The van der Waals surface area contributed by atoms with Crippen molar-refractivity contribution in [2.45, 2.75) is 19.8 Å².